The number of aliphatic hydroxyl groups excluding tert-OH is 1. The minimum absolute atomic E-state index is 0.171. The van der Waals surface area contributed by atoms with E-state index in [9.17, 15) is 4.79 Å². The van der Waals surface area contributed by atoms with Crippen LogP contribution in [0.2, 0.25) is 0 Å². The second-order valence-electron chi connectivity index (χ2n) is 1.59. The van der Waals surface area contributed by atoms with E-state index < -0.39 is 17.4 Å². The molecule has 11 heavy (non-hydrogen) atoms. The van der Waals surface area contributed by atoms with E-state index in [0.29, 0.717) is 0 Å². The molecule has 3 N–H and O–H groups in total. The molecule has 0 aliphatic carbocycles. The molecule has 0 rings (SSSR count). The molecule has 0 aliphatic heterocycles. The van der Waals surface area contributed by atoms with Crippen molar-refractivity contribution < 1.29 is 14.6 Å². The van der Waals surface area contributed by atoms with Crippen molar-refractivity contribution in [3.05, 3.63) is 11.5 Å². The summed E-state index contributed by atoms with van der Waals surface area (Å²) in [5, 5.41) is 17.1. The quantitative estimate of drug-likeness (QED) is 0.336. The molecule has 5 heteroatoms. The monoisotopic (exact) mass is 156 g/mol. The molecule has 0 aromatic heterocycles. The highest BCUT2D eigenvalue weighted by Crippen LogP contribution is 2.00. The summed E-state index contributed by atoms with van der Waals surface area (Å²) in [4.78, 5) is 10.3. The smallest absolute Gasteiger partial charge is 0.301 e. The zero-order valence-electron chi connectivity index (χ0n) is 6.00. The topological polar surface area (TPSA) is 96.3 Å². The number of rotatable bonds is 3. The van der Waals surface area contributed by atoms with E-state index in [4.69, 9.17) is 16.1 Å². The van der Waals surface area contributed by atoms with Gasteiger partial charge in [0.2, 0.25) is 0 Å². The van der Waals surface area contributed by atoms with E-state index in [1.54, 1.807) is 6.92 Å². The summed E-state index contributed by atoms with van der Waals surface area (Å²) in [5.74, 6) is -1.72. The summed E-state index contributed by atoms with van der Waals surface area (Å²) in [6.07, 6.45) is 0. The number of ether oxygens (including phenoxy) is 1. The second kappa shape index (κ2) is 4.17. The van der Waals surface area contributed by atoms with Gasteiger partial charge < -0.3 is 15.6 Å². The lowest BCUT2D eigenvalue weighted by atomic mass is 10.3. The lowest BCUT2D eigenvalue weighted by Crippen LogP contribution is -2.15. The fourth-order valence-electron chi connectivity index (χ4n) is 0.417. The number of carbonyl (C=O) groups excluding carboxylic acids is 1. The molecular weight excluding hydrogens is 148 g/mol. The molecule has 0 saturated carbocycles. The van der Waals surface area contributed by atoms with Crippen LogP contribution in [0.5, 0.6) is 0 Å². The zero-order chi connectivity index (χ0) is 8.85. The predicted octanol–water partition coefficient (Wildman–Crippen LogP) is -0.199. The van der Waals surface area contributed by atoms with Gasteiger partial charge in [-0.15, -0.1) is 0 Å². The molecule has 0 saturated heterocycles. The molecule has 0 heterocycles. The van der Waals surface area contributed by atoms with E-state index in [2.05, 4.69) is 4.74 Å². The average molecular weight is 156 g/mol. The first kappa shape index (κ1) is 9.30. The Morgan fingerprint density at radius 2 is 2.36 bits per heavy atom. The Labute approximate surface area is 63.7 Å². The van der Waals surface area contributed by atoms with Gasteiger partial charge in [0.15, 0.2) is 5.57 Å². The van der Waals surface area contributed by atoms with Crippen LogP contribution >= 0.6 is 0 Å². The van der Waals surface area contributed by atoms with Crippen LogP contribution in [0.1, 0.15) is 6.92 Å². The highest BCUT2D eigenvalue weighted by atomic mass is 16.6. The summed E-state index contributed by atoms with van der Waals surface area (Å²) < 4.78 is 4.47. The molecule has 0 atom stereocenters. The number of nitriles is 1. The van der Waals surface area contributed by atoms with Gasteiger partial charge in [-0.3, -0.25) is 4.79 Å². The molecule has 5 nitrogen and oxygen atoms in total. The van der Waals surface area contributed by atoms with Gasteiger partial charge in [-0.05, 0) is 6.92 Å². The van der Waals surface area contributed by atoms with Gasteiger partial charge in [0.05, 0.1) is 6.61 Å². The first-order chi connectivity index (χ1) is 5.13. The summed E-state index contributed by atoms with van der Waals surface area (Å²) in [6.45, 7) is 1.77. The summed E-state index contributed by atoms with van der Waals surface area (Å²) in [7, 11) is 0. The maximum Gasteiger partial charge on any atom is 0.301 e. The number of carbonyl (C=O) groups is 1. The highest BCUT2D eigenvalue weighted by molar-refractivity contribution is 5.96. The van der Waals surface area contributed by atoms with Gasteiger partial charge in [-0.25, -0.2) is 0 Å². The van der Waals surface area contributed by atoms with Crippen molar-refractivity contribution in [2.45, 2.75) is 6.92 Å². The Morgan fingerprint density at radius 3 is 2.64 bits per heavy atom. The molecule has 0 aromatic rings. The molecule has 0 radical (unpaired) electrons. The molecule has 0 unspecified atom stereocenters. The number of aliphatic hydroxyl groups is 1. The molecule has 0 aliphatic rings. The van der Waals surface area contributed by atoms with Gasteiger partial charge in [-0.2, -0.15) is 5.26 Å². The van der Waals surface area contributed by atoms with Gasteiger partial charge in [0, 0.05) is 0 Å². The molecular formula is C6H8N2O3. The molecule has 60 valence electrons. The number of nitrogens with two attached hydrogens (primary N) is 1. The SMILES string of the molecule is CCOC(O)=C(C#N)C(N)=O. The van der Waals surface area contributed by atoms with E-state index in [-0.39, 0.29) is 6.61 Å². The summed E-state index contributed by atoms with van der Waals surface area (Å²) in [5.41, 5.74) is 4.16. The van der Waals surface area contributed by atoms with E-state index in [1.807, 2.05) is 0 Å². The first-order valence-corrected chi connectivity index (χ1v) is 2.89. The van der Waals surface area contributed by atoms with E-state index >= 15 is 0 Å². The van der Waals surface area contributed by atoms with Crippen LogP contribution in [-0.4, -0.2) is 17.6 Å². The van der Waals surface area contributed by atoms with E-state index in [0.717, 1.165) is 0 Å². The zero-order valence-corrected chi connectivity index (χ0v) is 6.00. The molecule has 0 fully saturated rings. The van der Waals surface area contributed by atoms with Crippen molar-refractivity contribution >= 4 is 5.91 Å². The van der Waals surface area contributed by atoms with Crippen molar-refractivity contribution in [3.63, 3.8) is 0 Å². The predicted molar refractivity (Wildman–Crippen MR) is 36.1 cm³/mol. The molecule has 1 amide bonds. The molecule has 0 bridgehead atoms. The lowest BCUT2D eigenvalue weighted by Gasteiger charge is -2.00. The number of amides is 1. The average Bonchev–Trinajstić information content (AvgIpc) is 1.88. The standard InChI is InChI=1S/C6H8N2O3/c1-2-11-6(10)4(3-7)5(8)9/h10H,2H2,1H3,(H2,8,9). The molecule has 0 aromatic carbocycles. The van der Waals surface area contributed by atoms with E-state index in [1.165, 1.54) is 6.07 Å². The van der Waals surface area contributed by atoms with Crippen LogP contribution in [0.3, 0.4) is 0 Å². The highest BCUT2D eigenvalue weighted by Gasteiger charge is 2.11. The second-order valence-corrected chi connectivity index (χ2v) is 1.59. The van der Waals surface area contributed by atoms with Crippen molar-refractivity contribution in [1.29, 1.82) is 5.26 Å². The van der Waals surface area contributed by atoms with Crippen LogP contribution in [0.4, 0.5) is 0 Å². The van der Waals surface area contributed by atoms with Crippen LogP contribution < -0.4 is 5.73 Å². The Balaban J connectivity index is 4.58. The minimum Gasteiger partial charge on any atom is -0.480 e. The van der Waals surface area contributed by atoms with Gasteiger partial charge in [0.1, 0.15) is 6.07 Å². The van der Waals surface area contributed by atoms with Crippen LogP contribution in [-0.2, 0) is 9.53 Å². The number of hydrogen-bond donors (Lipinski definition) is 2. The van der Waals surface area contributed by atoms with Gasteiger partial charge in [-0.1, -0.05) is 0 Å². The van der Waals surface area contributed by atoms with Crippen LogP contribution in [0.25, 0.3) is 0 Å². The Morgan fingerprint density at radius 1 is 1.82 bits per heavy atom. The number of primary amides is 1. The minimum atomic E-state index is -1.00. The van der Waals surface area contributed by atoms with Gasteiger partial charge >= 0.3 is 5.95 Å². The van der Waals surface area contributed by atoms with Crippen molar-refractivity contribution in [2.24, 2.45) is 5.73 Å². The van der Waals surface area contributed by atoms with Crippen LogP contribution in [0, 0.1) is 11.3 Å². The molecule has 0 spiro atoms. The van der Waals surface area contributed by atoms with Crippen molar-refractivity contribution in [3.8, 4) is 6.07 Å². The van der Waals surface area contributed by atoms with Crippen LogP contribution in [0.15, 0.2) is 11.5 Å². The fourth-order valence-corrected chi connectivity index (χ4v) is 0.417. The fraction of sp³-hybridized carbons (Fsp3) is 0.333. The van der Waals surface area contributed by atoms with Crippen molar-refractivity contribution in [1.82, 2.24) is 0 Å². The third-order valence-electron chi connectivity index (χ3n) is 0.853. The largest absolute Gasteiger partial charge is 0.480 e. The third-order valence-corrected chi connectivity index (χ3v) is 0.853. The maximum absolute atomic E-state index is 10.3. The number of hydrogen-bond acceptors (Lipinski definition) is 4. The summed E-state index contributed by atoms with van der Waals surface area (Å²) >= 11 is 0. The van der Waals surface area contributed by atoms with Gasteiger partial charge in [0.25, 0.3) is 5.91 Å². The third kappa shape index (κ3) is 2.58. The van der Waals surface area contributed by atoms with Crippen molar-refractivity contribution in [2.75, 3.05) is 6.61 Å². The Kier molecular flexibility index (Phi) is 3.52. The maximum atomic E-state index is 10.3. The lowest BCUT2D eigenvalue weighted by molar-refractivity contribution is -0.114. The Bertz CT molecular complexity index is 226. The Hall–Kier alpha value is -1.70. The first-order valence-electron chi connectivity index (χ1n) is 2.89. The number of nitrogens with zero attached hydrogens (tertiary/aromatic N) is 1. The summed E-state index contributed by atoms with van der Waals surface area (Å²) in [6, 6.07) is 1.42. The normalized spacial score (nSPS) is 11.3.